The van der Waals surface area contributed by atoms with Crippen LogP contribution in [0.15, 0.2) is 48.5 Å². The van der Waals surface area contributed by atoms with Gasteiger partial charge in [-0.15, -0.1) is 0 Å². The molecule has 0 aliphatic heterocycles. The van der Waals surface area contributed by atoms with Crippen molar-refractivity contribution in [1.82, 2.24) is 15.2 Å². The lowest BCUT2D eigenvalue weighted by Crippen LogP contribution is -1.98. The number of aromatic amines is 1. The van der Waals surface area contributed by atoms with E-state index in [2.05, 4.69) is 28.2 Å². The highest BCUT2D eigenvalue weighted by Crippen LogP contribution is 2.20. The van der Waals surface area contributed by atoms with Crippen molar-refractivity contribution in [2.45, 2.75) is 20.5 Å². The summed E-state index contributed by atoms with van der Waals surface area (Å²) in [5.74, 6) is 2.29. The molecule has 0 aliphatic rings. The van der Waals surface area contributed by atoms with Gasteiger partial charge in [0.15, 0.2) is 11.6 Å². The predicted octanol–water partition coefficient (Wildman–Crippen LogP) is 3.67. The Kier molecular flexibility index (Phi) is 3.69. The number of aromatic nitrogens is 3. The maximum absolute atomic E-state index is 5.77. The summed E-state index contributed by atoms with van der Waals surface area (Å²) in [5, 5.41) is 7.20. The number of nitrogens with zero attached hydrogens (tertiary/aromatic N) is 2. The van der Waals surface area contributed by atoms with E-state index in [0.717, 1.165) is 28.3 Å². The van der Waals surface area contributed by atoms with Crippen LogP contribution in [-0.4, -0.2) is 15.2 Å². The van der Waals surface area contributed by atoms with Gasteiger partial charge in [0.05, 0.1) is 0 Å². The average Bonchev–Trinajstić information content (AvgIpc) is 2.96. The lowest BCUT2D eigenvalue weighted by molar-refractivity contribution is 0.294. The number of hydrogen-bond donors (Lipinski definition) is 1. The molecule has 1 aromatic heterocycles. The molecule has 4 heteroatoms. The van der Waals surface area contributed by atoms with Gasteiger partial charge in [0, 0.05) is 5.56 Å². The van der Waals surface area contributed by atoms with E-state index in [4.69, 9.17) is 4.74 Å². The topological polar surface area (TPSA) is 50.8 Å². The summed E-state index contributed by atoms with van der Waals surface area (Å²) >= 11 is 0. The highest BCUT2D eigenvalue weighted by atomic mass is 16.5. The molecule has 0 unspecified atom stereocenters. The second-order valence-corrected chi connectivity index (χ2v) is 4.97. The zero-order chi connectivity index (χ0) is 14.7. The van der Waals surface area contributed by atoms with Crippen molar-refractivity contribution < 1.29 is 4.74 Å². The molecule has 0 saturated carbocycles. The van der Waals surface area contributed by atoms with Crippen molar-refractivity contribution in [2.75, 3.05) is 0 Å². The smallest absolute Gasteiger partial charge is 0.181 e. The Labute approximate surface area is 123 Å². The highest BCUT2D eigenvalue weighted by molar-refractivity contribution is 5.59. The summed E-state index contributed by atoms with van der Waals surface area (Å²) in [6.07, 6.45) is 0. The molecule has 106 valence electrons. The van der Waals surface area contributed by atoms with Gasteiger partial charge in [-0.05, 0) is 31.0 Å². The number of ether oxygens (including phenoxy) is 1. The summed E-state index contributed by atoms with van der Waals surface area (Å²) in [7, 11) is 0. The van der Waals surface area contributed by atoms with Crippen LogP contribution in [0.5, 0.6) is 5.75 Å². The average molecular weight is 279 g/mol. The van der Waals surface area contributed by atoms with Crippen LogP contribution < -0.4 is 4.74 Å². The van der Waals surface area contributed by atoms with Gasteiger partial charge >= 0.3 is 0 Å². The minimum absolute atomic E-state index is 0.379. The summed E-state index contributed by atoms with van der Waals surface area (Å²) in [6, 6.07) is 16.0. The van der Waals surface area contributed by atoms with Crippen LogP contribution in [-0.2, 0) is 6.61 Å². The first kappa shape index (κ1) is 13.4. The van der Waals surface area contributed by atoms with Crippen molar-refractivity contribution >= 4 is 0 Å². The van der Waals surface area contributed by atoms with E-state index in [1.807, 2.05) is 49.4 Å². The number of benzene rings is 2. The van der Waals surface area contributed by atoms with Gasteiger partial charge < -0.3 is 4.74 Å². The molecule has 0 amide bonds. The van der Waals surface area contributed by atoms with E-state index in [0.29, 0.717) is 12.4 Å². The van der Waals surface area contributed by atoms with E-state index in [9.17, 15) is 0 Å². The van der Waals surface area contributed by atoms with Crippen LogP contribution in [0.3, 0.4) is 0 Å². The highest BCUT2D eigenvalue weighted by Gasteiger charge is 2.08. The van der Waals surface area contributed by atoms with Gasteiger partial charge in [0.1, 0.15) is 12.4 Å². The van der Waals surface area contributed by atoms with Crippen molar-refractivity contribution in [2.24, 2.45) is 0 Å². The predicted molar refractivity (Wildman–Crippen MR) is 82.1 cm³/mol. The Morgan fingerprint density at radius 1 is 0.952 bits per heavy atom. The Bertz CT molecular complexity index is 749. The summed E-state index contributed by atoms with van der Waals surface area (Å²) < 4.78 is 5.77. The van der Waals surface area contributed by atoms with Gasteiger partial charge in [0.2, 0.25) is 0 Å². The molecular weight excluding hydrogens is 262 g/mol. The molecule has 2 aromatic carbocycles. The van der Waals surface area contributed by atoms with Crippen LogP contribution in [0.4, 0.5) is 0 Å². The van der Waals surface area contributed by atoms with E-state index >= 15 is 0 Å². The lowest BCUT2D eigenvalue weighted by Gasteiger charge is -2.06. The zero-order valence-corrected chi connectivity index (χ0v) is 12.1. The Balaban J connectivity index is 1.74. The molecule has 0 fully saturated rings. The SMILES string of the molecule is Cc1ccccc1OCc1nc(-c2ccccc2C)n[nH]1. The lowest BCUT2D eigenvalue weighted by atomic mass is 10.1. The van der Waals surface area contributed by atoms with Gasteiger partial charge in [-0.1, -0.05) is 42.5 Å². The fourth-order valence-corrected chi connectivity index (χ4v) is 2.17. The Morgan fingerprint density at radius 2 is 1.67 bits per heavy atom. The maximum Gasteiger partial charge on any atom is 0.181 e. The molecule has 0 aliphatic carbocycles. The van der Waals surface area contributed by atoms with E-state index in [1.165, 1.54) is 0 Å². The second-order valence-electron chi connectivity index (χ2n) is 4.97. The molecule has 1 heterocycles. The zero-order valence-electron chi connectivity index (χ0n) is 12.1. The number of hydrogen-bond acceptors (Lipinski definition) is 3. The summed E-state index contributed by atoms with van der Waals surface area (Å²) in [6.45, 7) is 4.45. The molecule has 0 radical (unpaired) electrons. The molecule has 3 rings (SSSR count). The van der Waals surface area contributed by atoms with Gasteiger partial charge in [-0.3, -0.25) is 5.10 Å². The van der Waals surface area contributed by atoms with Crippen LogP contribution in [0, 0.1) is 13.8 Å². The van der Waals surface area contributed by atoms with E-state index in [-0.39, 0.29) is 0 Å². The third kappa shape index (κ3) is 2.94. The molecule has 1 N–H and O–H groups in total. The first-order valence-electron chi connectivity index (χ1n) is 6.90. The molecule has 0 saturated heterocycles. The van der Waals surface area contributed by atoms with Gasteiger partial charge in [-0.2, -0.15) is 5.10 Å². The number of para-hydroxylation sites is 1. The van der Waals surface area contributed by atoms with Crippen molar-refractivity contribution in [3.05, 3.63) is 65.5 Å². The molecule has 0 spiro atoms. The van der Waals surface area contributed by atoms with E-state index < -0.39 is 0 Å². The quantitative estimate of drug-likeness (QED) is 0.792. The van der Waals surface area contributed by atoms with Gasteiger partial charge in [-0.25, -0.2) is 4.98 Å². The normalized spacial score (nSPS) is 10.6. The first-order valence-corrected chi connectivity index (χ1v) is 6.90. The van der Waals surface area contributed by atoms with Crippen molar-refractivity contribution in [3.63, 3.8) is 0 Å². The minimum Gasteiger partial charge on any atom is -0.485 e. The molecule has 4 nitrogen and oxygen atoms in total. The first-order chi connectivity index (χ1) is 10.2. The largest absolute Gasteiger partial charge is 0.485 e. The summed E-state index contributed by atoms with van der Waals surface area (Å²) in [5.41, 5.74) is 3.30. The number of aryl methyl sites for hydroxylation is 2. The monoisotopic (exact) mass is 279 g/mol. The fourth-order valence-electron chi connectivity index (χ4n) is 2.17. The van der Waals surface area contributed by atoms with E-state index in [1.54, 1.807) is 0 Å². The number of nitrogens with one attached hydrogen (secondary N) is 1. The summed E-state index contributed by atoms with van der Waals surface area (Å²) in [4.78, 5) is 4.49. The maximum atomic E-state index is 5.77. The van der Waals surface area contributed by atoms with Crippen molar-refractivity contribution in [3.8, 4) is 17.1 Å². The molecular formula is C17H17N3O. The third-order valence-corrected chi connectivity index (χ3v) is 3.38. The Hall–Kier alpha value is -2.62. The van der Waals surface area contributed by atoms with Crippen LogP contribution in [0.2, 0.25) is 0 Å². The van der Waals surface area contributed by atoms with Crippen LogP contribution in [0.1, 0.15) is 17.0 Å². The minimum atomic E-state index is 0.379. The molecule has 3 aromatic rings. The number of rotatable bonds is 4. The molecule has 0 bridgehead atoms. The van der Waals surface area contributed by atoms with Crippen LogP contribution >= 0.6 is 0 Å². The van der Waals surface area contributed by atoms with Crippen LogP contribution in [0.25, 0.3) is 11.4 Å². The standard InChI is InChI=1S/C17H17N3O/c1-12-7-3-5-9-14(12)17-18-16(19-20-17)11-21-15-10-6-4-8-13(15)2/h3-10H,11H2,1-2H3,(H,18,19,20). The molecule has 21 heavy (non-hydrogen) atoms. The molecule has 0 atom stereocenters. The van der Waals surface area contributed by atoms with Crippen molar-refractivity contribution in [1.29, 1.82) is 0 Å². The number of H-pyrrole nitrogens is 1. The fraction of sp³-hybridized carbons (Fsp3) is 0.176. The Morgan fingerprint density at radius 3 is 2.43 bits per heavy atom. The third-order valence-electron chi connectivity index (χ3n) is 3.38. The second kappa shape index (κ2) is 5.79. The van der Waals surface area contributed by atoms with Gasteiger partial charge in [0.25, 0.3) is 0 Å².